The summed E-state index contributed by atoms with van der Waals surface area (Å²) in [5.74, 6) is 0. The fourth-order valence-corrected chi connectivity index (χ4v) is 2.97. The minimum atomic E-state index is 0.917. The van der Waals surface area contributed by atoms with Crippen molar-refractivity contribution in [2.75, 3.05) is 65.2 Å². The van der Waals surface area contributed by atoms with Gasteiger partial charge in [0.05, 0.1) is 0 Å². The van der Waals surface area contributed by atoms with Crippen molar-refractivity contribution >= 4 is 16.5 Å². The van der Waals surface area contributed by atoms with Crippen LogP contribution in [0.1, 0.15) is 12.6 Å². The van der Waals surface area contributed by atoms with Gasteiger partial charge in [0, 0.05) is 63.9 Å². The number of aromatic nitrogens is 2. The van der Waals surface area contributed by atoms with E-state index in [9.17, 15) is 0 Å². The van der Waals surface area contributed by atoms with Crippen molar-refractivity contribution in [3.63, 3.8) is 0 Å². The van der Waals surface area contributed by atoms with Gasteiger partial charge in [0.25, 0.3) is 0 Å². The van der Waals surface area contributed by atoms with Crippen LogP contribution in [-0.2, 0) is 6.54 Å². The normalized spacial score (nSPS) is 17.8. The van der Waals surface area contributed by atoms with Crippen molar-refractivity contribution in [3.8, 4) is 0 Å². The summed E-state index contributed by atoms with van der Waals surface area (Å²) < 4.78 is 4.06. The second kappa shape index (κ2) is 7.87. The van der Waals surface area contributed by atoms with Gasteiger partial charge >= 0.3 is 0 Å². The predicted molar refractivity (Wildman–Crippen MR) is 84.3 cm³/mol. The first-order chi connectivity index (χ1) is 9.69. The topological polar surface area (TPSA) is 47.5 Å². The third-order valence-electron chi connectivity index (χ3n) is 3.59. The monoisotopic (exact) mass is 298 g/mol. The molecule has 0 aliphatic carbocycles. The van der Waals surface area contributed by atoms with E-state index in [2.05, 4.69) is 50.6 Å². The Balaban J connectivity index is 1.75. The quantitative estimate of drug-likeness (QED) is 0.797. The lowest BCUT2D eigenvalue weighted by Crippen LogP contribution is -2.47. The maximum atomic E-state index is 4.25. The molecule has 114 valence electrons. The summed E-state index contributed by atoms with van der Waals surface area (Å²) in [4.78, 5) is 7.26. The van der Waals surface area contributed by atoms with Crippen LogP contribution >= 0.6 is 11.5 Å². The summed E-state index contributed by atoms with van der Waals surface area (Å²) in [6, 6.07) is 0. The van der Waals surface area contributed by atoms with Crippen molar-refractivity contribution in [2.45, 2.75) is 13.5 Å². The Kier molecular flexibility index (Phi) is 6.15. The Morgan fingerprint density at radius 3 is 2.55 bits per heavy atom. The molecule has 2 heterocycles. The van der Waals surface area contributed by atoms with Crippen molar-refractivity contribution in [1.82, 2.24) is 24.3 Å². The van der Waals surface area contributed by atoms with Crippen molar-refractivity contribution < 1.29 is 0 Å². The maximum Gasteiger partial charge on any atom is 0.134 e. The highest BCUT2D eigenvalue weighted by molar-refractivity contribution is 7.10. The minimum Gasteiger partial charge on any atom is -0.374 e. The van der Waals surface area contributed by atoms with E-state index in [-0.39, 0.29) is 0 Å². The van der Waals surface area contributed by atoms with Crippen molar-refractivity contribution in [2.24, 2.45) is 0 Å². The van der Waals surface area contributed by atoms with E-state index in [1.165, 1.54) is 18.1 Å². The Morgan fingerprint density at radius 1 is 1.20 bits per heavy atom. The van der Waals surface area contributed by atoms with E-state index < -0.39 is 0 Å². The lowest BCUT2D eigenvalue weighted by atomic mass is 10.3. The highest BCUT2D eigenvalue weighted by Gasteiger charge is 2.19. The number of piperazine rings is 1. The molecule has 1 N–H and O–H groups in total. The fraction of sp³-hybridized carbons (Fsp3) is 0.846. The first-order valence-corrected chi connectivity index (χ1v) is 8.11. The zero-order valence-corrected chi connectivity index (χ0v) is 13.6. The van der Waals surface area contributed by atoms with Gasteiger partial charge in [-0.05, 0) is 21.0 Å². The Morgan fingerprint density at radius 2 is 1.90 bits per heavy atom. The van der Waals surface area contributed by atoms with Crippen LogP contribution in [0.25, 0.3) is 0 Å². The number of nitrogens with zero attached hydrogens (tertiary/aromatic N) is 5. The molecule has 0 spiro atoms. The third kappa shape index (κ3) is 4.66. The van der Waals surface area contributed by atoms with Crippen LogP contribution in [0, 0.1) is 0 Å². The van der Waals surface area contributed by atoms with Crippen LogP contribution in [0.2, 0.25) is 0 Å². The summed E-state index contributed by atoms with van der Waals surface area (Å²) in [6.45, 7) is 10.8. The van der Waals surface area contributed by atoms with Gasteiger partial charge in [-0.15, -0.1) is 5.10 Å². The number of hydrogen-bond donors (Lipinski definition) is 1. The summed E-state index contributed by atoms with van der Waals surface area (Å²) in [5, 5.41) is 8.72. The van der Waals surface area contributed by atoms with Crippen LogP contribution in [-0.4, -0.2) is 84.2 Å². The van der Waals surface area contributed by atoms with Crippen LogP contribution in [0.4, 0.5) is 5.00 Å². The predicted octanol–water partition coefficient (Wildman–Crippen LogP) is 0.649. The van der Waals surface area contributed by atoms with E-state index in [1.807, 2.05) is 0 Å². The molecule has 1 aliphatic heterocycles. The Labute approximate surface area is 125 Å². The van der Waals surface area contributed by atoms with Crippen LogP contribution in [0.3, 0.4) is 0 Å². The molecular formula is C13H26N6S. The molecule has 0 amide bonds. The van der Waals surface area contributed by atoms with Gasteiger partial charge in [-0.2, -0.15) is 0 Å². The zero-order chi connectivity index (χ0) is 14.4. The van der Waals surface area contributed by atoms with E-state index in [1.54, 1.807) is 0 Å². The number of hydrogen-bond acceptors (Lipinski definition) is 7. The molecule has 0 bridgehead atoms. The molecule has 0 atom stereocenters. The van der Waals surface area contributed by atoms with E-state index in [4.69, 9.17) is 0 Å². The van der Waals surface area contributed by atoms with Gasteiger partial charge in [0.15, 0.2) is 0 Å². The van der Waals surface area contributed by atoms with E-state index in [0.29, 0.717) is 0 Å². The SMILES string of the molecule is CCNc1snnc1CN1CCN(CCN(C)C)CC1. The van der Waals surface area contributed by atoms with Gasteiger partial charge in [-0.25, -0.2) is 0 Å². The minimum absolute atomic E-state index is 0.917. The first-order valence-electron chi connectivity index (χ1n) is 7.33. The number of nitrogens with one attached hydrogen (secondary N) is 1. The molecule has 2 rings (SSSR count). The maximum absolute atomic E-state index is 4.25. The van der Waals surface area contributed by atoms with Crippen LogP contribution in [0.15, 0.2) is 0 Å². The molecule has 1 aromatic rings. The number of rotatable bonds is 7. The molecule has 0 unspecified atom stereocenters. The Hall–Kier alpha value is -0.760. The molecular weight excluding hydrogens is 272 g/mol. The third-order valence-corrected chi connectivity index (χ3v) is 4.32. The molecule has 1 aliphatic rings. The van der Waals surface area contributed by atoms with Gasteiger partial charge in [-0.3, -0.25) is 9.80 Å². The first kappa shape index (κ1) is 15.6. The van der Waals surface area contributed by atoms with Crippen molar-refractivity contribution in [1.29, 1.82) is 0 Å². The van der Waals surface area contributed by atoms with Crippen LogP contribution in [0.5, 0.6) is 0 Å². The number of likely N-dealkylation sites (N-methyl/N-ethyl adjacent to an activating group) is 1. The van der Waals surface area contributed by atoms with Gasteiger partial charge in [0.1, 0.15) is 10.7 Å². The molecule has 0 saturated carbocycles. The molecule has 1 fully saturated rings. The smallest absolute Gasteiger partial charge is 0.134 e. The molecule has 7 heteroatoms. The summed E-state index contributed by atoms with van der Waals surface area (Å²) >= 11 is 1.46. The summed E-state index contributed by atoms with van der Waals surface area (Å²) in [6.07, 6.45) is 0. The van der Waals surface area contributed by atoms with Gasteiger partial charge < -0.3 is 10.2 Å². The highest BCUT2D eigenvalue weighted by Crippen LogP contribution is 2.19. The molecule has 0 aromatic carbocycles. The molecule has 6 nitrogen and oxygen atoms in total. The molecule has 20 heavy (non-hydrogen) atoms. The fourth-order valence-electron chi connectivity index (χ4n) is 2.33. The average molecular weight is 298 g/mol. The van der Waals surface area contributed by atoms with E-state index in [0.717, 1.165) is 56.5 Å². The van der Waals surface area contributed by atoms with Crippen LogP contribution < -0.4 is 5.32 Å². The largest absolute Gasteiger partial charge is 0.374 e. The van der Waals surface area contributed by atoms with Gasteiger partial charge in [0.2, 0.25) is 0 Å². The molecule has 1 saturated heterocycles. The van der Waals surface area contributed by atoms with Crippen molar-refractivity contribution in [3.05, 3.63) is 5.69 Å². The highest BCUT2D eigenvalue weighted by atomic mass is 32.1. The average Bonchev–Trinajstić information content (AvgIpc) is 2.86. The molecule has 1 aromatic heterocycles. The lowest BCUT2D eigenvalue weighted by Gasteiger charge is -2.34. The summed E-state index contributed by atoms with van der Waals surface area (Å²) in [5.41, 5.74) is 1.10. The van der Waals surface area contributed by atoms with E-state index >= 15 is 0 Å². The molecule has 0 radical (unpaired) electrons. The van der Waals surface area contributed by atoms with Gasteiger partial charge in [-0.1, -0.05) is 4.49 Å². The zero-order valence-electron chi connectivity index (χ0n) is 12.8. The standard InChI is InChI=1S/C13H26N6S/c1-4-14-13-12(15-16-20-13)11-19-9-7-18(8-10-19)6-5-17(2)3/h14H,4-11H2,1-3H3. The summed E-state index contributed by atoms with van der Waals surface area (Å²) in [7, 11) is 4.27. The second-order valence-corrected chi connectivity index (χ2v) is 6.25. The Bertz CT molecular complexity index is 386. The lowest BCUT2D eigenvalue weighted by molar-refractivity contribution is 0.120. The second-order valence-electron chi connectivity index (χ2n) is 5.50. The number of anilines is 1.